The first-order valence-electron chi connectivity index (χ1n) is 9.95. The molecule has 2 aliphatic heterocycles. The summed E-state index contributed by atoms with van der Waals surface area (Å²) in [7, 11) is 1.91. The molecule has 1 unspecified atom stereocenters. The maximum absolute atomic E-state index is 14.0. The number of carbonyl (C=O) groups is 2. The van der Waals surface area contributed by atoms with Gasteiger partial charge < -0.3 is 5.32 Å². The summed E-state index contributed by atoms with van der Waals surface area (Å²) in [5.41, 5.74) is 1.91. The number of nitrogens with one attached hydrogen (secondary N) is 1. The number of pyridine rings is 1. The molecule has 0 saturated carbocycles. The van der Waals surface area contributed by atoms with Crippen LogP contribution < -0.4 is 5.32 Å². The van der Waals surface area contributed by atoms with Crippen LogP contribution in [0.3, 0.4) is 0 Å². The molecule has 3 aromatic rings. The van der Waals surface area contributed by atoms with Crippen LogP contribution in [0.1, 0.15) is 27.4 Å². The van der Waals surface area contributed by atoms with E-state index in [1.807, 2.05) is 54.4 Å². The van der Waals surface area contributed by atoms with Crippen molar-refractivity contribution >= 4 is 44.9 Å². The van der Waals surface area contributed by atoms with E-state index in [9.17, 15) is 9.59 Å². The van der Waals surface area contributed by atoms with Gasteiger partial charge in [0.25, 0.3) is 0 Å². The van der Waals surface area contributed by atoms with Crippen LogP contribution in [-0.4, -0.2) is 35.2 Å². The molecule has 0 bridgehead atoms. The summed E-state index contributed by atoms with van der Waals surface area (Å²) in [5, 5.41) is 3.65. The molecule has 7 heteroatoms. The van der Waals surface area contributed by atoms with Crippen molar-refractivity contribution in [3.63, 3.8) is 0 Å². The molecule has 2 aliphatic rings. The third-order valence-electron chi connectivity index (χ3n) is 6.44. The number of amides is 1. The Morgan fingerprint density at radius 3 is 2.71 bits per heavy atom. The Morgan fingerprint density at radius 1 is 1.23 bits per heavy atom. The zero-order valence-electron chi connectivity index (χ0n) is 16.7. The molecule has 0 radical (unpaired) electrons. The maximum atomic E-state index is 14.0. The lowest BCUT2D eigenvalue weighted by Crippen LogP contribution is -2.51. The summed E-state index contributed by atoms with van der Waals surface area (Å²) < 4.78 is 0.859. The Hall–Kier alpha value is -2.54. The van der Waals surface area contributed by atoms with Gasteiger partial charge in [0.05, 0.1) is 5.92 Å². The normalized spacial score (nSPS) is 24.9. The van der Waals surface area contributed by atoms with Gasteiger partial charge in [-0.25, -0.2) is 0 Å². The third kappa shape index (κ3) is 3.04. The van der Waals surface area contributed by atoms with E-state index in [-0.39, 0.29) is 17.6 Å². The second-order valence-corrected chi connectivity index (χ2v) is 9.38. The average Bonchev–Trinajstić information content (AvgIpc) is 3.24. The van der Waals surface area contributed by atoms with E-state index < -0.39 is 11.5 Å². The van der Waals surface area contributed by atoms with Gasteiger partial charge in [-0.3, -0.25) is 19.5 Å². The maximum Gasteiger partial charge on any atom is 0.250 e. The molecule has 1 saturated heterocycles. The summed E-state index contributed by atoms with van der Waals surface area (Å²) >= 11 is 9.65. The van der Waals surface area contributed by atoms with Gasteiger partial charge in [0.15, 0.2) is 5.78 Å². The number of benzene rings is 2. The van der Waals surface area contributed by atoms with Gasteiger partial charge in [0.2, 0.25) is 5.91 Å². The molecule has 5 rings (SSSR count). The molecule has 1 fully saturated rings. The number of hydrogen-bond donors (Lipinski definition) is 1. The van der Waals surface area contributed by atoms with Gasteiger partial charge in [-0.15, -0.1) is 0 Å². The standard InChI is InChI=1S/C24H19BrClN3O2/c1-29-13-18(14-4-7-17(26)8-5-14)21(22(30)15-3-2-10-27-12-15)24(29)19-11-16(25)6-9-20(19)28-23(24)31/h2-12,18,21H,13H2,1H3,(H,28,31)/t18-,21?,24-/m1/s1. The lowest BCUT2D eigenvalue weighted by molar-refractivity contribution is -0.126. The number of likely N-dealkylation sites (N-methyl/N-ethyl adjacent to an activating group) is 1. The number of rotatable bonds is 3. The quantitative estimate of drug-likeness (QED) is 0.525. The van der Waals surface area contributed by atoms with E-state index in [0.29, 0.717) is 17.1 Å². The van der Waals surface area contributed by atoms with Gasteiger partial charge >= 0.3 is 0 Å². The number of anilines is 1. The van der Waals surface area contributed by atoms with Crippen LogP contribution in [0.2, 0.25) is 5.02 Å². The summed E-state index contributed by atoms with van der Waals surface area (Å²) in [6.07, 6.45) is 3.21. The summed E-state index contributed by atoms with van der Waals surface area (Å²) in [4.78, 5) is 33.7. The van der Waals surface area contributed by atoms with Crippen LogP contribution in [0.4, 0.5) is 5.69 Å². The van der Waals surface area contributed by atoms with Gasteiger partial charge in [-0.05, 0) is 55.1 Å². The molecule has 1 aromatic heterocycles. The molecule has 156 valence electrons. The fraction of sp³-hybridized carbons (Fsp3) is 0.208. The van der Waals surface area contributed by atoms with Crippen molar-refractivity contribution in [2.24, 2.45) is 5.92 Å². The van der Waals surface area contributed by atoms with Crippen LogP contribution in [0.5, 0.6) is 0 Å². The summed E-state index contributed by atoms with van der Waals surface area (Å²) in [5.74, 6) is -1.09. The average molecular weight is 497 g/mol. The Labute approximate surface area is 193 Å². The minimum atomic E-state index is -1.11. The molecule has 3 heterocycles. The highest BCUT2D eigenvalue weighted by Gasteiger charge is 2.64. The van der Waals surface area contributed by atoms with Crippen LogP contribution in [0.25, 0.3) is 0 Å². The lowest BCUT2D eigenvalue weighted by atomic mass is 9.70. The first kappa shape index (κ1) is 20.4. The monoisotopic (exact) mass is 495 g/mol. The molecular formula is C24H19BrClN3O2. The fourth-order valence-corrected chi connectivity index (χ4v) is 5.60. The SMILES string of the molecule is CN1C[C@H](c2ccc(Cl)cc2)C(C(=O)c2cccnc2)[C@]12C(=O)Nc1ccc(Br)cc12. The highest BCUT2D eigenvalue weighted by atomic mass is 79.9. The number of hydrogen-bond acceptors (Lipinski definition) is 4. The van der Waals surface area contributed by atoms with Crippen LogP contribution in [0.15, 0.2) is 71.5 Å². The molecule has 5 nitrogen and oxygen atoms in total. The number of carbonyl (C=O) groups excluding carboxylic acids is 2. The first-order valence-corrected chi connectivity index (χ1v) is 11.1. The van der Waals surface area contributed by atoms with Gasteiger partial charge in [0.1, 0.15) is 5.54 Å². The van der Waals surface area contributed by atoms with Crippen LogP contribution in [-0.2, 0) is 10.3 Å². The van der Waals surface area contributed by atoms with E-state index in [4.69, 9.17) is 11.6 Å². The van der Waals surface area contributed by atoms with E-state index in [1.54, 1.807) is 24.5 Å². The summed E-state index contributed by atoms with van der Waals surface area (Å²) in [6.45, 7) is 0.553. The minimum Gasteiger partial charge on any atom is -0.324 e. The van der Waals surface area contributed by atoms with Crippen molar-refractivity contribution in [3.8, 4) is 0 Å². The molecule has 1 N–H and O–H groups in total. The third-order valence-corrected chi connectivity index (χ3v) is 7.18. The Morgan fingerprint density at radius 2 is 2.00 bits per heavy atom. The van der Waals surface area contributed by atoms with Crippen molar-refractivity contribution in [2.75, 3.05) is 18.9 Å². The Bertz CT molecular complexity index is 1190. The fourth-order valence-electron chi connectivity index (χ4n) is 5.11. The molecule has 1 amide bonds. The number of aromatic nitrogens is 1. The zero-order valence-corrected chi connectivity index (χ0v) is 19.0. The predicted molar refractivity (Wildman–Crippen MR) is 123 cm³/mol. The van der Waals surface area contributed by atoms with E-state index in [0.717, 1.165) is 21.3 Å². The predicted octanol–water partition coefficient (Wildman–Crippen LogP) is 4.87. The zero-order chi connectivity index (χ0) is 21.8. The van der Waals surface area contributed by atoms with Crippen LogP contribution >= 0.6 is 27.5 Å². The van der Waals surface area contributed by atoms with E-state index in [2.05, 4.69) is 26.2 Å². The van der Waals surface area contributed by atoms with Crippen molar-refractivity contribution in [3.05, 3.63) is 93.2 Å². The van der Waals surface area contributed by atoms with Gasteiger partial charge in [-0.1, -0.05) is 39.7 Å². The molecule has 31 heavy (non-hydrogen) atoms. The van der Waals surface area contributed by atoms with Gasteiger partial charge in [0, 0.05) is 51.2 Å². The number of fused-ring (bicyclic) bond motifs is 2. The highest BCUT2D eigenvalue weighted by molar-refractivity contribution is 9.10. The molecular weight excluding hydrogens is 478 g/mol. The molecule has 2 aromatic carbocycles. The van der Waals surface area contributed by atoms with Gasteiger partial charge in [-0.2, -0.15) is 0 Å². The Balaban J connectivity index is 1.74. The van der Waals surface area contributed by atoms with Crippen molar-refractivity contribution < 1.29 is 9.59 Å². The number of ketones is 1. The first-order chi connectivity index (χ1) is 14.9. The Kier molecular flexibility index (Phi) is 4.96. The minimum absolute atomic E-state index is 0.0969. The number of nitrogens with zero attached hydrogens (tertiary/aromatic N) is 2. The number of likely N-dealkylation sites (tertiary alicyclic amines) is 1. The van der Waals surface area contributed by atoms with Crippen molar-refractivity contribution in [1.29, 1.82) is 0 Å². The van der Waals surface area contributed by atoms with Crippen LogP contribution in [0, 0.1) is 5.92 Å². The second-order valence-electron chi connectivity index (χ2n) is 8.03. The highest BCUT2D eigenvalue weighted by Crippen LogP contribution is 2.56. The second kappa shape index (κ2) is 7.55. The largest absolute Gasteiger partial charge is 0.324 e. The van der Waals surface area contributed by atoms with Crippen molar-refractivity contribution in [1.82, 2.24) is 9.88 Å². The topological polar surface area (TPSA) is 62.3 Å². The number of Topliss-reactive ketones (excluding diaryl/α,β-unsaturated/α-hetero) is 1. The molecule has 1 spiro atoms. The lowest BCUT2D eigenvalue weighted by Gasteiger charge is -2.35. The summed E-state index contributed by atoms with van der Waals surface area (Å²) in [6, 6.07) is 16.8. The van der Waals surface area contributed by atoms with Crippen molar-refractivity contribution in [2.45, 2.75) is 11.5 Å². The van der Waals surface area contributed by atoms with E-state index in [1.165, 1.54) is 0 Å². The molecule has 3 atom stereocenters. The molecule has 0 aliphatic carbocycles. The smallest absolute Gasteiger partial charge is 0.250 e. The van der Waals surface area contributed by atoms with E-state index >= 15 is 0 Å². The number of halogens is 2.